The first-order valence-corrected chi connectivity index (χ1v) is 16.9. The number of aromatic nitrogens is 2. The third-order valence-electron chi connectivity index (χ3n) is 7.76. The summed E-state index contributed by atoms with van der Waals surface area (Å²) in [6, 6.07) is 14.4. The second kappa shape index (κ2) is 15.3. The summed E-state index contributed by atoms with van der Waals surface area (Å²) in [6.07, 6.45) is 0. The van der Waals surface area contributed by atoms with Crippen molar-refractivity contribution in [2.24, 2.45) is 0 Å². The maximum atomic E-state index is 15.0. The summed E-state index contributed by atoms with van der Waals surface area (Å²) in [5, 5.41) is 5.46. The van der Waals surface area contributed by atoms with E-state index < -0.39 is 58.1 Å². The zero-order chi connectivity index (χ0) is 35.4. The Morgan fingerprint density at radius 2 is 1.59 bits per heavy atom. The minimum absolute atomic E-state index is 0.0495. The van der Waals surface area contributed by atoms with Crippen LogP contribution in [0.25, 0.3) is 26.3 Å². The summed E-state index contributed by atoms with van der Waals surface area (Å²) >= 11 is -1.37. The number of nitrogens with zero attached hydrogens (tertiary/aromatic N) is 4. The highest BCUT2D eigenvalue weighted by atomic mass is 32.2. The summed E-state index contributed by atoms with van der Waals surface area (Å²) in [6.45, 7) is 2.17. The van der Waals surface area contributed by atoms with E-state index >= 15 is 0 Å². The molecule has 11 nitrogen and oxygen atoms in total. The third kappa shape index (κ3) is 7.84. The molecule has 0 fully saturated rings. The van der Waals surface area contributed by atoms with Gasteiger partial charge >= 0.3 is 11.7 Å². The highest BCUT2D eigenvalue weighted by Crippen LogP contribution is 2.38. The molecule has 0 radical (unpaired) electrons. The standard InChI is InChI=1S/C33H33F3N6O5S2/c1-4-37-32(44)38-22-12-8-20(9-13-22)29-25(18-39(2)16-17-40(3)49(46)47)28-30(43)42(23-14-10-21(34)11-15-23)33(45)41(31(28)48-29)19-24-26(35)6-5-7-27(24)36/h5-15H,4,16-19H2,1-3H3,(H,46,47)(H2,37,38,44)/p-1. The molecule has 0 bridgehead atoms. The first-order chi connectivity index (χ1) is 23.4. The number of carbonyl (C=O) groups is 1. The fraction of sp³-hybridized carbons (Fsp3) is 0.242. The van der Waals surface area contributed by atoms with Crippen LogP contribution in [-0.2, 0) is 24.4 Å². The van der Waals surface area contributed by atoms with Crippen LogP contribution in [0.3, 0.4) is 0 Å². The number of hydrogen-bond donors (Lipinski definition) is 2. The van der Waals surface area contributed by atoms with Gasteiger partial charge in [-0.3, -0.25) is 13.6 Å². The van der Waals surface area contributed by atoms with Crippen LogP contribution in [0.2, 0.25) is 0 Å². The number of rotatable bonds is 12. The van der Waals surface area contributed by atoms with Gasteiger partial charge in [0.25, 0.3) is 5.56 Å². The first kappa shape index (κ1) is 35.7. The van der Waals surface area contributed by atoms with Crippen molar-refractivity contribution in [3.63, 3.8) is 0 Å². The number of thiophene rings is 1. The van der Waals surface area contributed by atoms with Crippen molar-refractivity contribution in [1.29, 1.82) is 0 Å². The van der Waals surface area contributed by atoms with Crippen molar-refractivity contribution in [2.75, 3.05) is 39.0 Å². The Hall–Kier alpha value is -4.61. The minimum Gasteiger partial charge on any atom is -0.760 e. The third-order valence-corrected chi connectivity index (χ3v) is 9.75. The predicted molar refractivity (Wildman–Crippen MR) is 183 cm³/mol. The van der Waals surface area contributed by atoms with Gasteiger partial charge in [-0.15, -0.1) is 11.3 Å². The molecule has 49 heavy (non-hydrogen) atoms. The van der Waals surface area contributed by atoms with Crippen LogP contribution in [-0.4, -0.2) is 66.9 Å². The summed E-state index contributed by atoms with van der Waals surface area (Å²) in [7, 11) is 3.15. The van der Waals surface area contributed by atoms with Crippen LogP contribution in [0, 0.1) is 17.5 Å². The highest BCUT2D eigenvalue weighted by molar-refractivity contribution is 7.76. The molecular weight excluding hydrogens is 682 g/mol. The zero-order valence-corrected chi connectivity index (χ0v) is 28.3. The maximum absolute atomic E-state index is 15.0. The Labute approximate surface area is 285 Å². The van der Waals surface area contributed by atoms with Gasteiger partial charge in [0.15, 0.2) is 0 Å². The van der Waals surface area contributed by atoms with Crippen LogP contribution >= 0.6 is 11.3 Å². The van der Waals surface area contributed by atoms with Gasteiger partial charge in [0.2, 0.25) is 0 Å². The molecule has 1 unspecified atom stereocenters. The molecular formula is C33H32F3N6O5S2-. The van der Waals surface area contributed by atoms with Crippen molar-refractivity contribution >= 4 is 44.5 Å². The van der Waals surface area contributed by atoms with E-state index in [4.69, 9.17) is 0 Å². The Morgan fingerprint density at radius 1 is 0.939 bits per heavy atom. The monoisotopic (exact) mass is 713 g/mol. The van der Waals surface area contributed by atoms with Crippen molar-refractivity contribution in [3.05, 3.63) is 116 Å². The number of benzene rings is 3. The van der Waals surface area contributed by atoms with E-state index in [1.165, 1.54) is 25.2 Å². The second-order valence-electron chi connectivity index (χ2n) is 11.1. The lowest BCUT2D eigenvalue weighted by Gasteiger charge is -2.23. The molecule has 16 heteroatoms. The van der Waals surface area contributed by atoms with Crippen LogP contribution in [0.15, 0.2) is 76.3 Å². The van der Waals surface area contributed by atoms with Crippen molar-refractivity contribution in [1.82, 2.24) is 23.7 Å². The van der Waals surface area contributed by atoms with Gasteiger partial charge in [-0.2, -0.15) is 0 Å². The van der Waals surface area contributed by atoms with E-state index in [0.717, 1.165) is 49.0 Å². The number of hydrogen-bond acceptors (Lipinski definition) is 7. The van der Waals surface area contributed by atoms with Gasteiger partial charge in [-0.25, -0.2) is 31.6 Å². The molecule has 1 atom stereocenters. The second-order valence-corrected chi connectivity index (χ2v) is 13.2. The number of halogens is 3. The van der Waals surface area contributed by atoms with Crippen molar-refractivity contribution < 1.29 is 26.7 Å². The molecule has 0 spiro atoms. The van der Waals surface area contributed by atoms with E-state index in [-0.39, 0.29) is 35.5 Å². The lowest BCUT2D eigenvalue weighted by atomic mass is 10.1. The number of carbonyl (C=O) groups excluding carboxylic acids is 1. The molecule has 0 saturated carbocycles. The van der Waals surface area contributed by atoms with E-state index in [2.05, 4.69) is 10.6 Å². The van der Waals surface area contributed by atoms with Crippen LogP contribution in [0.5, 0.6) is 0 Å². The molecule has 2 heterocycles. The molecule has 258 valence electrons. The lowest BCUT2D eigenvalue weighted by molar-refractivity contribution is 0.252. The number of urea groups is 1. The zero-order valence-electron chi connectivity index (χ0n) is 26.7. The van der Waals surface area contributed by atoms with E-state index in [0.29, 0.717) is 28.2 Å². The molecule has 5 rings (SSSR count). The molecule has 0 saturated heterocycles. The van der Waals surface area contributed by atoms with E-state index in [1.807, 2.05) is 0 Å². The van der Waals surface area contributed by atoms with Crippen molar-refractivity contribution in [2.45, 2.75) is 20.0 Å². The number of amides is 2. The van der Waals surface area contributed by atoms with Gasteiger partial charge < -0.3 is 20.1 Å². The number of likely N-dealkylation sites (N-methyl/N-ethyl adjacent to an activating group) is 2. The van der Waals surface area contributed by atoms with Gasteiger partial charge in [0.05, 0.1) is 17.6 Å². The Bertz CT molecular complexity index is 2110. The average Bonchev–Trinajstić information content (AvgIpc) is 3.43. The molecule has 2 amide bonds. The minimum atomic E-state index is -2.44. The maximum Gasteiger partial charge on any atom is 0.337 e. The number of fused-ring (bicyclic) bond motifs is 1. The quantitative estimate of drug-likeness (QED) is 0.181. The van der Waals surface area contributed by atoms with Crippen molar-refractivity contribution in [3.8, 4) is 16.1 Å². The van der Waals surface area contributed by atoms with Gasteiger partial charge in [0, 0.05) is 53.6 Å². The summed E-state index contributed by atoms with van der Waals surface area (Å²) in [4.78, 5) is 43.1. The first-order valence-electron chi connectivity index (χ1n) is 15.0. The van der Waals surface area contributed by atoms with E-state index in [1.54, 1.807) is 43.1 Å². The Balaban J connectivity index is 1.76. The van der Waals surface area contributed by atoms with Gasteiger partial charge in [0.1, 0.15) is 22.3 Å². The molecule has 2 aromatic heterocycles. The fourth-order valence-electron chi connectivity index (χ4n) is 5.23. The number of anilines is 1. The normalized spacial score (nSPS) is 12.2. The summed E-state index contributed by atoms with van der Waals surface area (Å²) in [5.41, 5.74) is -0.370. The summed E-state index contributed by atoms with van der Waals surface area (Å²) in [5.74, 6) is -2.36. The van der Waals surface area contributed by atoms with E-state index in [9.17, 15) is 36.3 Å². The molecule has 0 aliphatic carbocycles. The number of nitrogens with one attached hydrogen (secondary N) is 2. The van der Waals surface area contributed by atoms with Gasteiger partial charge in [-0.05, 0) is 80.7 Å². The smallest absolute Gasteiger partial charge is 0.337 e. The molecule has 5 aromatic rings. The topological polar surface area (TPSA) is 132 Å². The largest absolute Gasteiger partial charge is 0.760 e. The SMILES string of the molecule is CCNC(=O)Nc1ccc(-c2sc3c(c2CN(C)CCN(C)S(=O)[O-])c(=O)n(-c2ccc(F)cc2)c(=O)n3Cc2c(F)cccc2F)cc1. The van der Waals surface area contributed by atoms with Crippen LogP contribution in [0.1, 0.15) is 18.1 Å². The predicted octanol–water partition coefficient (Wildman–Crippen LogP) is 4.65. The lowest BCUT2D eigenvalue weighted by Crippen LogP contribution is -2.39. The fourth-order valence-corrected chi connectivity index (χ4v) is 6.76. The molecule has 2 N–H and O–H groups in total. The molecule has 0 aliphatic heterocycles. The van der Waals surface area contributed by atoms with Crippen LogP contribution < -0.4 is 21.9 Å². The molecule has 3 aromatic carbocycles. The Kier molecular flexibility index (Phi) is 11.1. The van der Waals surface area contributed by atoms with Crippen LogP contribution in [0.4, 0.5) is 23.7 Å². The summed E-state index contributed by atoms with van der Waals surface area (Å²) < 4.78 is 69.7. The Morgan fingerprint density at radius 3 is 2.20 bits per heavy atom. The van der Waals surface area contributed by atoms with Gasteiger partial charge in [-0.1, -0.05) is 18.2 Å². The molecule has 0 aliphatic rings. The average molecular weight is 714 g/mol. The highest BCUT2D eigenvalue weighted by Gasteiger charge is 2.26.